The summed E-state index contributed by atoms with van der Waals surface area (Å²) in [6, 6.07) is 0. The number of allylic oxidation sites excluding steroid dienone is 4. The summed E-state index contributed by atoms with van der Waals surface area (Å²) in [5.41, 5.74) is 4.01. The zero-order chi connectivity index (χ0) is 26.9. The Morgan fingerprint density at radius 2 is 1.81 bits per heavy atom. The molecule has 0 amide bonds. The topological polar surface area (TPSA) is 38.7 Å². The van der Waals surface area contributed by atoms with E-state index in [1.165, 1.54) is 43.3 Å². The highest BCUT2D eigenvalue weighted by Crippen LogP contribution is 2.58. The number of rotatable bonds is 8. The van der Waals surface area contributed by atoms with Gasteiger partial charge in [0.05, 0.1) is 11.7 Å². The van der Waals surface area contributed by atoms with Crippen molar-refractivity contribution in [3.05, 3.63) is 35.5 Å². The molecule has 5 atom stereocenters. The Balaban J connectivity index is 1.69. The molecule has 206 valence electrons. The number of fused-ring (bicyclic) bond motifs is 1. The Morgan fingerprint density at radius 3 is 2.44 bits per heavy atom. The van der Waals surface area contributed by atoms with Crippen LogP contribution in [0.25, 0.3) is 0 Å². The van der Waals surface area contributed by atoms with Crippen LogP contribution in [0, 0.1) is 17.3 Å². The molecule has 0 bridgehead atoms. The van der Waals surface area contributed by atoms with Crippen molar-refractivity contribution in [2.75, 3.05) is 6.61 Å². The van der Waals surface area contributed by atoms with E-state index in [4.69, 9.17) is 9.16 Å². The van der Waals surface area contributed by atoms with E-state index < -0.39 is 13.9 Å². The summed E-state index contributed by atoms with van der Waals surface area (Å²) in [5.74, 6) is 1.25. The van der Waals surface area contributed by atoms with Gasteiger partial charge in [0.25, 0.3) is 0 Å². The quantitative estimate of drug-likeness (QED) is 0.328. The van der Waals surface area contributed by atoms with Crippen LogP contribution in [0.5, 0.6) is 0 Å². The van der Waals surface area contributed by atoms with Crippen molar-refractivity contribution in [3.8, 4) is 0 Å². The minimum absolute atomic E-state index is 0.242. The number of hydrogen-bond acceptors (Lipinski definition) is 3. The molecule has 3 rings (SSSR count). The third kappa shape index (κ3) is 7.04. The third-order valence-electron chi connectivity index (χ3n) is 10.1. The SMILES string of the molecule is C=C1CC[C@H](O[Si](C)(C)C(C)(C)C)C/C1=C\C=C1/CCC[C@]2(C)[C@@H]([C@H](C)OCCC(C)(C)O)CC[C@@H]12. The van der Waals surface area contributed by atoms with E-state index in [1.54, 1.807) is 5.57 Å². The van der Waals surface area contributed by atoms with Crippen LogP contribution in [0.3, 0.4) is 0 Å². The zero-order valence-electron chi connectivity index (χ0n) is 25.0. The van der Waals surface area contributed by atoms with Crippen LogP contribution in [0.1, 0.15) is 106 Å². The first-order chi connectivity index (χ1) is 16.5. The van der Waals surface area contributed by atoms with Gasteiger partial charge in [-0.2, -0.15) is 0 Å². The number of hydrogen-bond donors (Lipinski definition) is 1. The summed E-state index contributed by atoms with van der Waals surface area (Å²) in [7, 11) is -1.76. The second-order valence-electron chi connectivity index (χ2n) is 14.5. The molecule has 0 spiro atoms. The first kappa shape index (κ1) is 29.9. The lowest BCUT2D eigenvalue weighted by molar-refractivity contribution is -0.0454. The molecule has 4 heteroatoms. The van der Waals surface area contributed by atoms with Gasteiger partial charge in [-0.15, -0.1) is 0 Å². The highest BCUT2D eigenvalue weighted by Gasteiger charge is 2.51. The molecular weight excluding hydrogens is 460 g/mol. The van der Waals surface area contributed by atoms with Crippen LogP contribution < -0.4 is 0 Å². The van der Waals surface area contributed by atoms with E-state index >= 15 is 0 Å². The molecule has 0 aromatic heterocycles. The summed E-state index contributed by atoms with van der Waals surface area (Å²) < 4.78 is 13.1. The number of ether oxygens (including phenoxy) is 1. The van der Waals surface area contributed by atoms with Crippen molar-refractivity contribution in [1.82, 2.24) is 0 Å². The van der Waals surface area contributed by atoms with Crippen molar-refractivity contribution in [1.29, 1.82) is 0 Å². The van der Waals surface area contributed by atoms with Gasteiger partial charge in [0.15, 0.2) is 8.32 Å². The van der Waals surface area contributed by atoms with E-state index in [-0.39, 0.29) is 11.1 Å². The van der Waals surface area contributed by atoms with Gasteiger partial charge in [0.2, 0.25) is 0 Å². The Labute approximate surface area is 223 Å². The minimum Gasteiger partial charge on any atom is -0.414 e. The lowest BCUT2D eigenvalue weighted by Crippen LogP contribution is -2.44. The molecule has 0 aromatic rings. The molecule has 0 radical (unpaired) electrons. The molecule has 0 saturated heterocycles. The molecule has 36 heavy (non-hydrogen) atoms. The predicted octanol–water partition coefficient (Wildman–Crippen LogP) is 8.75. The molecule has 0 aliphatic heterocycles. The summed E-state index contributed by atoms with van der Waals surface area (Å²) in [6.45, 7) is 25.3. The lowest BCUT2D eigenvalue weighted by atomic mass is 9.62. The zero-order valence-corrected chi connectivity index (χ0v) is 26.0. The molecular formula is C32H56O3Si. The van der Waals surface area contributed by atoms with E-state index in [2.05, 4.69) is 66.4 Å². The summed E-state index contributed by atoms with van der Waals surface area (Å²) in [6.07, 6.45) is 15.6. The van der Waals surface area contributed by atoms with Gasteiger partial charge >= 0.3 is 0 Å². The highest BCUT2D eigenvalue weighted by atomic mass is 28.4. The fourth-order valence-electron chi connectivity index (χ4n) is 6.74. The fraction of sp³-hybridized carbons (Fsp3) is 0.812. The molecule has 3 fully saturated rings. The number of aliphatic hydroxyl groups is 1. The Morgan fingerprint density at radius 1 is 1.11 bits per heavy atom. The summed E-state index contributed by atoms with van der Waals surface area (Å²) in [4.78, 5) is 0. The predicted molar refractivity (Wildman–Crippen MR) is 156 cm³/mol. The standard InChI is InChI=1S/C32H56O3Si/c1-23-13-16-27(35-36(9,10)30(3,4)5)22-26(23)15-14-25-12-11-19-32(8)28(17-18-29(25)32)24(2)34-21-20-31(6,7)33/h14-15,24,27-29,33H,1,11-13,16-22H2,2-10H3/b25-14+,26-15+/t24-,27-,28+,29-,32+/m0/s1. The maximum Gasteiger partial charge on any atom is 0.192 e. The maximum absolute atomic E-state index is 10.1. The van der Waals surface area contributed by atoms with E-state index in [0.717, 1.165) is 19.3 Å². The van der Waals surface area contributed by atoms with Gasteiger partial charge in [-0.1, -0.05) is 57.6 Å². The Bertz CT molecular complexity index is 840. The maximum atomic E-state index is 10.1. The van der Waals surface area contributed by atoms with Gasteiger partial charge in [0, 0.05) is 12.7 Å². The average molecular weight is 517 g/mol. The minimum atomic E-state index is -1.76. The van der Waals surface area contributed by atoms with Crippen molar-refractivity contribution in [2.45, 2.75) is 142 Å². The highest BCUT2D eigenvalue weighted by molar-refractivity contribution is 6.74. The molecule has 0 heterocycles. The Hall–Kier alpha value is -0.683. The first-order valence-corrected chi connectivity index (χ1v) is 17.5. The monoisotopic (exact) mass is 516 g/mol. The average Bonchev–Trinajstić information content (AvgIpc) is 3.09. The van der Waals surface area contributed by atoms with Gasteiger partial charge in [0.1, 0.15) is 0 Å². The van der Waals surface area contributed by atoms with Gasteiger partial charge in [-0.25, -0.2) is 0 Å². The van der Waals surface area contributed by atoms with Crippen molar-refractivity contribution < 1.29 is 14.3 Å². The third-order valence-corrected chi connectivity index (χ3v) is 14.7. The van der Waals surface area contributed by atoms with Crippen LogP contribution in [0.2, 0.25) is 18.1 Å². The van der Waals surface area contributed by atoms with E-state index in [0.29, 0.717) is 36.4 Å². The van der Waals surface area contributed by atoms with Gasteiger partial charge in [-0.05, 0) is 120 Å². The van der Waals surface area contributed by atoms with Crippen LogP contribution in [-0.2, 0) is 9.16 Å². The second kappa shape index (κ2) is 11.2. The second-order valence-corrected chi connectivity index (χ2v) is 19.3. The van der Waals surface area contributed by atoms with Crippen LogP contribution >= 0.6 is 0 Å². The van der Waals surface area contributed by atoms with Gasteiger partial charge in [-0.3, -0.25) is 0 Å². The summed E-state index contributed by atoms with van der Waals surface area (Å²) in [5, 5.41) is 10.3. The molecule has 3 saturated carbocycles. The molecule has 0 aromatic carbocycles. The van der Waals surface area contributed by atoms with Crippen molar-refractivity contribution in [2.24, 2.45) is 17.3 Å². The fourth-order valence-corrected chi connectivity index (χ4v) is 8.12. The molecule has 0 unspecified atom stereocenters. The molecule has 3 aliphatic rings. The van der Waals surface area contributed by atoms with Gasteiger partial charge < -0.3 is 14.3 Å². The smallest absolute Gasteiger partial charge is 0.192 e. The Kier molecular flexibility index (Phi) is 9.29. The van der Waals surface area contributed by atoms with Crippen LogP contribution in [0.4, 0.5) is 0 Å². The van der Waals surface area contributed by atoms with Crippen molar-refractivity contribution in [3.63, 3.8) is 0 Å². The summed E-state index contributed by atoms with van der Waals surface area (Å²) >= 11 is 0. The molecule has 3 nitrogen and oxygen atoms in total. The van der Waals surface area contributed by atoms with Crippen LogP contribution in [-0.4, -0.2) is 37.8 Å². The van der Waals surface area contributed by atoms with Crippen LogP contribution in [0.15, 0.2) is 35.5 Å². The lowest BCUT2D eigenvalue weighted by Gasteiger charge is -2.44. The first-order valence-electron chi connectivity index (χ1n) is 14.6. The molecule has 3 aliphatic carbocycles. The van der Waals surface area contributed by atoms with E-state index in [1.807, 2.05) is 13.8 Å². The normalized spacial score (nSPS) is 33.3. The largest absolute Gasteiger partial charge is 0.414 e. The molecule has 1 N–H and O–H groups in total. The van der Waals surface area contributed by atoms with Crippen molar-refractivity contribution >= 4 is 8.32 Å². The van der Waals surface area contributed by atoms with E-state index in [9.17, 15) is 5.11 Å².